The van der Waals surface area contributed by atoms with Crippen LogP contribution in [0.3, 0.4) is 0 Å². The van der Waals surface area contributed by atoms with E-state index in [1.54, 1.807) is 7.11 Å². The van der Waals surface area contributed by atoms with Crippen LogP contribution in [0.25, 0.3) is 0 Å². The van der Waals surface area contributed by atoms with E-state index >= 15 is 0 Å². The summed E-state index contributed by atoms with van der Waals surface area (Å²) in [4.78, 5) is 2.40. The summed E-state index contributed by atoms with van der Waals surface area (Å²) < 4.78 is 5.23. The Bertz CT molecular complexity index is 578. The number of methoxy groups -OCH3 is 1. The number of hydrogen-bond donors (Lipinski definition) is 2. The highest BCUT2D eigenvalue weighted by atomic mass is 16.5. The molecule has 4 atom stereocenters. The number of likely N-dealkylation sites (tertiary alicyclic amines) is 1. The van der Waals surface area contributed by atoms with Crippen molar-refractivity contribution in [3.05, 3.63) is 29.8 Å². The molecule has 1 saturated carbocycles. The number of ether oxygens (including phenoxy) is 1. The summed E-state index contributed by atoms with van der Waals surface area (Å²) in [6, 6.07) is 8.42. The molecule has 1 saturated heterocycles. The lowest BCUT2D eigenvalue weighted by molar-refractivity contribution is -0.100. The standard InChI is InChI=1S/C23H37NO3/c1-17-4-9-21(22(25)14-17)23(2,26)16-24-12-10-19(11-13-24)15-18-5-7-20(27-3)8-6-18/h5-8,17,19,21-22,25-26H,4,9-16H2,1-3H3/t17-,21-,22-,23+/m1/s1. The van der Waals surface area contributed by atoms with Gasteiger partial charge in [0.2, 0.25) is 0 Å². The van der Waals surface area contributed by atoms with Crippen molar-refractivity contribution in [3.8, 4) is 5.75 Å². The molecular formula is C23H37NO3. The summed E-state index contributed by atoms with van der Waals surface area (Å²) >= 11 is 0. The van der Waals surface area contributed by atoms with E-state index in [9.17, 15) is 10.2 Å². The molecule has 0 aromatic heterocycles. The molecule has 0 unspecified atom stereocenters. The first-order valence-corrected chi connectivity index (χ1v) is 10.6. The van der Waals surface area contributed by atoms with Crippen LogP contribution in [0.2, 0.25) is 0 Å². The van der Waals surface area contributed by atoms with Crippen molar-refractivity contribution in [1.29, 1.82) is 0 Å². The van der Waals surface area contributed by atoms with E-state index in [-0.39, 0.29) is 12.0 Å². The highest BCUT2D eigenvalue weighted by Crippen LogP contribution is 2.36. The predicted molar refractivity (Wildman–Crippen MR) is 109 cm³/mol. The normalized spacial score (nSPS) is 30.0. The molecule has 3 rings (SSSR count). The van der Waals surface area contributed by atoms with Crippen molar-refractivity contribution in [1.82, 2.24) is 4.90 Å². The van der Waals surface area contributed by atoms with Gasteiger partial charge in [-0.25, -0.2) is 0 Å². The van der Waals surface area contributed by atoms with Crippen molar-refractivity contribution in [2.45, 2.75) is 64.1 Å². The minimum absolute atomic E-state index is 0.00530. The summed E-state index contributed by atoms with van der Waals surface area (Å²) in [7, 11) is 1.70. The molecule has 0 spiro atoms. The van der Waals surface area contributed by atoms with Crippen molar-refractivity contribution >= 4 is 0 Å². The van der Waals surface area contributed by atoms with E-state index in [2.05, 4.69) is 24.0 Å². The maximum absolute atomic E-state index is 11.1. The van der Waals surface area contributed by atoms with Crippen LogP contribution in [0.5, 0.6) is 5.75 Å². The molecule has 4 heteroatoms. The monoisotopic (exact) mass is 375 g/mol. The highest BCUT2D eigenvalue weighted by Gasteiger charge is 2.41. The van der Waals surface area contributed by atoms with E-state index in [0.29, 0.717) is 18.4 Å². The fourth-order valence-electron chi connectivity index (χ4n) is 5.09. The van der Waals surface area contributed by atoms with E-state index in [1.807, 2.05) is 19.1 Å². The lowest BCUT2D eigenvalue weighted by Gasteiger charge is -2.44. The Morgan fingerprint density at radius 1 is 1.11 bits per heavy atom. The third kappa shape index (κ3) is 5.46. The summed E-state index contributed by atoms with van der Waals surface area (Å²) in [5.41, 5.74) is 0.572. The Morgan fingerprint density at radius 3 is 2.37 bits per heavy atom. The van der Waals surface area contributed by atoms with Gasteiger partial charge >= 0.3 is 0 Å². The second kappa shape index (κ2) is 8.93. The molecule has 4 nitrogen and oxygen atoms in total. The smallest absolute Gasteiger partial charge is 0.118 e. The van der Waals surface area contributed by atoms with Crippen LogP contribution in [-0.4, -0.2) is 53.6 Å². The zero-order chi connectivity index (χ0) is 19.4. The molecule has 1 aromatic carbocycles. The second-order valence-electron chi connectivity index (χ2n) is 9.22. The Kier molecular flexibility index (Phi) is 6.83. The number of β-amino-alcohol motifs (C(OH)–C–C–N with tert-alkyl or cyclic N) is 1. The van der Waals surface area contributed by atoms with Gasteiger partial charge in [0, 0.05) is 12.5 Å². The summed E-state index contributed by atoms with van der Waals surface area (Å²) in [5, 5.41) is 21.5. The molecule has 1 heterocycles. The number of aliphatic hydroxyl groups excluding tert-OH is 1. The first-order valence-electron chi connectivity index (χ1n) is 10.6. The number of benzene rings is 1. The maximum Gasteiger partial charge on any atom is 0.118 e. The van der Waals surface area contributed by atoms with Crippen molar-refractivity contribution < 1.29 is 14.9 Å². The number of nitrogens with zero attached hydrogens (tertiary/aromatic N) is 1. The van der Waals surface area contributed by atoms with E-state index in [1.165, 1.54) is 18.4 Å². The number of rotatable bonds is 6. The molecule has 152 valence electrons. The first kappa shape index (κ1) is 20.6. The average Bonchev–Trinajstić information content (AvgIpc) is 2.63. The fourth-order valence-corrected chi connectivity index (χ4v) is 5.09. The molecule has 2 aliphatic rings. The molecule has 0 bridgehead atoms. The fraction of sp³-hybridized carbons (Fsp3) is 0.739. The third-order valence-electron chi connectivity index (χ3n) is 6.81. The topological polar surface area (TPSA) is 52.9 Å². The Morgan fingerprint density at radius 2 is 1.78 bits per heavy atom. The lowest BCUT2D eigenvalue weighted by atomic mass is 9.72. The first-order chi connectivity index (χ1) is 12.9. The summed E-state index contributed by atoms with van der Waals surface area (Å²) in [5.74, 6) is 2.20. The van der Waals surface area contributed by atoms with Gasteiger partial charge in [0.1, 0.15) is 5.75 Å². The zero-order valence-electron chi connectivity index (χ0n) is 17.2. The van der Waals surface area contributed by atoms with Gasteiger partial charge in [0.15, 0.2) is 0 Å². The summed E-state index contributed by atoms with van der Waals surface area (Å²) in [6.07, 6.45) is 5.97. The average molecular weight is 376 g/mol. The van der Waals surface area contributed by atoms with E-state index in [4.69, 9.17) is 4.74 Å². The van der Waals surface area contributed by atoms with Crippen LogP contribution in [0.4, 0.5) is 0 Å². The Balaban J connectivity index is 1.47. The maximum atomic E-state index is 11.1. The van der Waals surface area contributed by atoms with Crippen LogP contribution in [0.15, 0.2) is 24.3 Å². The molecule has 2 fully saturated rings. The van der Waals surface area contributed by atoms with Gasteiger partial charge in [-0.2, -0.15) is 0 Å². The van der Waals surface area contributed by atoms with Crippen LogP contribution >= 0.6 is 0 Å². The molecule has 2 N–H and O–H groups in total. The van der Waals surface area contributed by atoms with Gasteiger partial charge < -0.3 is 19.8 Å². The van der Waals surface area contributed by atoms with Gasteiger partial charge in [0.05, 0.1) is 18.8 Å². The number of hydrogen-bond acceptors (Lipinski definition) is 4. The van der Waals surface area contributed by atoms with Gasteiger partial charge in [-0.1, -0.05) is 25.5 Å². The van der Waals surface area contributed by atoms with Gasteiger partial charge in [-0.3, -0.25) is 0 Å². The molecular weight excluding hydrogens is 338 g/mol. The Hall–Kier alpha value is -1.10. The van der Waals surface area contributed by atoms with Crippen LogP contribution in [0.1, 0.15) is 51.5 Å². The van der Waals surface area contributed by atoms with E-state index < -0.39 is 5.60 Å². The molecule has 1 aromatic rings. The van der Waals surface area contributed by atoms with Crippen molar-refractivity contribution in [2.24, 2.45) is 17.8 Å². The zero-order valence-corrected chi connectivity index (χ0v) is 17.2. The Labute approximate surface area is 164 Å². The minimum atomic E-state index is -0.803. The second-order valence-corrected chi connectivity index (χ2v) is 9.22. The van der Waals surface area contributed by atoms with E-state index in [0.717, 1.165) is 44.5 Å². The lowest BCUT2D eigenvalue weighted by Crippen LogP contribution is -2.53. The molecule has 0 radical (unpaired) electrons. The molecule has 0 amide bonds. The van der Waals surface area contributed by atoms with Gasteiger partial charge in [-0.05, 0) is 81.6 Å². The van der Waals surface area contributed by atoms with Crippen LogP contribution < -0.4 is 4.74 Å². The SMILES string of the molecule is COc1ccc(CC2CCN(C[C@](C)(O)[C@@H]3CC[C@@H](C)C[C@H]3O)CC2)cc1. The number of piperidine rings is 1. The van der Waals surface area contributed by atoms with Crippen LogP contribution in [-0.2, 0) is 6.42 Å². The van der Waals surface area contributed by atoms with Gasteiger partial charge in [-0.15, -0.1) is 0 Å². The minimum Gasteiger partial charge on any atom is -0.497 e. The molecule has 1 aliphatic carbocycles. The molecule has 27 heavy (non-hydrogen) atoms. The third-order valence-corrected chi connectivity index (χ3v) is 6.81. The van der Waals surface area contributed by atoms with Gasteiger partial charge in [0.25, 0.3) is 0 Å². The predicted octanol–water partition coefficient (Wildman–Crippen LogP) is 3.50. The molecule has 1 aliphatic heterocycles. The largest absolute Gasteiger partial charge is 0.497 e. The highest BCUT2D eigenvalue weighted by molar-refractivity contribution is 5.27. The van der Waals surface area contributed by atoms with Crippen molar-refractivity contribution in [3.63, 3.8) is 0 Å². The van der Waals surface area contributed by atoms with Crippen molar-refractivity contribution in [2.75, 3.05) is 26.7 Å². The quantitative estimate of drug-likeness (QED) is 0.799. The number of aliphatic hydroxyl groups is 2. The summed E-state index contributed by atoms with van der Waals surface area (Å²) in [6.45, 7) is 6.88. The van der Waals surface area contributed by atoms with Crippen LogP contribution in [0, 0.1) is 17.8 Å².